The van der Waals surface area contributed by atoms with Crippen LogP contribution in [0, 0.1) is 5.92 Å². The summed E-state index contributed by atoms with van der Waals surface area (Å²) in [5, 5.41) is 2.82. The van der Waals surface area contributed by atoms with Crippen LogP contribution in [-0.2, 0) is 9.59 Å². The van der Waals surface area contributed by atoms with E-state index in [4.69, 9.17) is 11.6 Å². The lowest BCUT2D eigenvalue weighted by molar-refractivity contribution is -0.148. The fraction of sp³-hybridized carbons (Fsp3) is 0.667. The molecular weight excluding hydrogens is 240 g/mol. The van der Waals surface area contributed by atoms with Crippen molar-refractivity contribution in [2.75, 3.05) is 6.54 Å². The monoisotopic (exact) mass is 256 g/mol. The predicted molar refractivity (Wildman–Crippen MR) is 65.4 cm³/mol. The highest BCUT2D eigenvalue weighted by Gasteiger charge is 2.45. The first-order valence-electron chi connectivity index (χ1n) is 5.91. The van der Waals surface area contributed by atoms with Gasteiger partial charge in [0.05, 0.1) is 0 Å². The van der Waals surface area contributed by atoms with Gasteiger partial charge in [-0.1, -0.05) is 11.6 Å². The minimum Gasteiger partial charge on any atom is -0.342 e. The Bertz CT molecular complexity index is 377. The molecule has 0 radical (unpaired) electrons. The van der Waals surface area contributed by atoms with Gasteiger partial charge in [-0.05, 0) is 38.2 Å². The van der Waals surface area contributed by atoms with E-state index < -0.39 is 6.04 Å². The Balaban J connectivity index is 2.14. The molecule has 4 nitrogen and oxygen atoms in total. The molecule has 2 rings (SSSR count). The number of amides is 2. The Kier molecular flexibility index (Phi) is 3.43. The Morgan fingerprint density at radius 2 is 2.18 bits per heavy atom. The zero-order chi connectivity index (χ0) is 12.6. The van der Waals surface area contributed by atoms with Crippen LogP contribution in [0.1, 0.15) is 26.7 Å². The molecule has 2 fully saturated rings. The number of rotatable bonds is 3. The highest BCUT2D eigenvalue weighted by molar-refractivity contribution is 6.25. The summed E-state index contributed by atoms with van der Waals surface area (Å²) in [4.78, 5) is 25.7. The summed E-state index contributed by atoms with van der Waals surface area (Å²) in [6.45, 7) is 4.03. The first-order valence-corrected chi connectivity index (χ1v) is 6.35. The van der Waals surface area contributed by atoms with Crippen molar-refractivity contribution in [3.8, 4) is 0 Å². The van der Waals surface area contributed by atoms with Gasteiger partial charge in [-0.25, -0.2) is 0 Å². The average molecular weight is 257 g/mol. The van der Waals surface area contributed by atoms with Gasteiger partial charge in [0.25, 0.3) is 0 Å². The van der Waals surface area contributed by atoms with Crippen LogP contribution in [0.4, 0.5) is 0 Å². The maximum Gasteiger partial charge on any atom is 0.246 e. The van der Waals surface area contributed by atoms with Crippen LogP contribution in [0.25, 0.3) is 0 Å². The standard InChI is InChI=1S/C12H17ClN2O2/c1-7(5-13)6-15-8(2)11(16)14-10(12(15)17)9-3-4-9/h5,8-10H,3-4,6H2,1-2H3,(H,14,16). The second kappa shape index (κ2) is 4.69. The van der Waals surface area contributed by atoms with Gasteiger partial charge in [-0.3, -0.25) is 9.59 Å². The molecule has 17 heavy (non-hydrogen) atoms. The highest BCUT2D eigenvalue weighted by Crippen LogP contribution is 2.35. The van der Waals surface area contributed by atoms with Crippen molar-refractivity contribution in [2.45, 2.75) is 38.8 Å². The molecule has 0 aromatic carbocycles. The summed E-state index contributed by atoms with van der Waals surface area (Å²) in [5.74, 6) is 0.295. The van der Waals surface area contributed by atoms with E-state index in [-0.39, 0.29) is 17.9 Å². The van der Waals surface area contributed by atoms with Crippen molar-refractivity contribution >= 4 is 23.4 Å². The maximum absolute atomic E-state index is 12.3. The number of nitrogens with one attached hydrogen (secondary N) is 1. The fourth-order valence-electron chi connectivity index (χ4n) is 2.11. The normalized spacial score (nSPS) is 30.5. The van der Waals surface area contributed by atoms with E-state index in [1.54, 1.807) is 11.8 Å². The zero-order valence-electron chi connectivity index (χ0n) is 10.1. The van der Waals surface area contributed by atoms with Crippen LogP contribution in [0.5, 0.6) is 0 Å². The van der Waals surface area contributed by atoms with Gasteiger partial charge in [0.15, 0.2) is 0 Å². The number of carbonyl (C=O) groups excluding carboxylic acids is 2. The number of nitrogens with zero attached hydrogens (tertiary/aromatic N) is 1. The van der Waals surface area contributed by atoms with Crippen LogP contribution >= 0.6 is 11.6 Å². The summed E-state index contributed by atoms with van der Waals surface area (Å²) >= 11 is 5.61. The molecule has 2 amide bonds. The first kappa shape index (κ1) is 12.4. The van der Waals surface area contributed by atoms with Crippen molar-refractivity contribution in [1.29, 1.82) is 0 Å². The molecule has 1 heterocycles. The molecule has 0 aromatic heterocycles. The quantitative estimate of drug-likeness (QED) is 0.826. The molecule has 0 bridgehead atoms. The Hall–Kier alpha value is -1.03. The molecule has 0 aromatic rings. The van der Waals surface area contributed by atoms with Gasteiger partial charge >= 0.3 is 0 Å². The Morgan fingerprint density at radius 1 is 1.53 bits per heavy atom. The van der Waals surface area contributed by atoms with Gasteiger partial charge in [0, 0.05) is 12.1 Å². The van der Waals surface area contributed by atoms with Crippen LogP contribution in [-0.4, -0.2) is 35.3 Å². The van der Waals surface area contributed by atoms with E-state index >= 15 is 0 Å². The van der Waals surface area contributed by atoms with Crippen LogP contribution < -0.4 is 5.32 Å². The molecule has 1 aliphatic heterocycles. The number of piperazine rings is 1. The molecule has 1 N–H and O–H groups in total. The van der Waals surface area contributed by atoms with Crippen molar-refractivity contribution in [1.82, 2.24) is 10.2 Å². The lowest BCUT2D eigenvalue weighted by Gasteiger charge is -2.37. The third-order valence-corrected chi connectivity index (χ3v) is 3.77. The van der Waals surface area contributed by atoms with Gasteiger partial charge in [0.2, 0.25) is 11.8 Å². The minimum atomic E-state index is -0.413. The molecule has 2 aliphatic rings. The van der Waals surface area contributed by atoms with Gasteiger partial charge < -0.3 is 10.2 Å². The van der Waals surface area contributed by atoms with E-state index in [1.165, 1.54) is 5.54 Å². The van der Waals surface area contributed by atoms with Crippen LogP contribution in [0.2, 0.25) is 0 Å². The molecule has 0 spiro atoms. The maximum atomic E-state index is 12.3. The number of carbonyl (C=O) groups is 2. The lowest BCUT2D eigenvalue weighted by atomic mass is 10.0. The molecule has 1 aliphatic carbocycles. The van der Waals surface area contributed by atoms with Crippen LogP contribution in [0.15, 0.2) is 11.1 Å². The Labute approximate surface area is 106 Å². The van der Waals surface area contributed by atoms with E-state index in [0.717, 1.165) is 18.4 Å². The summed E-state index contributed by atoms with van der Waals surface area (Å²) < 4.78 is 0. The van der Waals surface area contributed by atoms with Gasteiger partial charge in [0.1, 0.15) is 12.1 Å². The summed E-state index contributed by atoms with van der Waals surface area (Å²) in [6, 6.07) is -0.731. The van der Waals surface area contributed by atoms with Crippen LogP contribution in [0.3, 0.4) is 0 Å². The largest absolute Gasteiger partial charge is 0.342 e. The van der Waals surface area contributed by atoms with Gasteiger partial charge in [-0.15, -0.1) is 0 Å². The molecule has 94 valence electrons. The zero-order valence-corrected chi connectivity index (χ0v) is 10.8. The fourth-order valence-corrected chi connectivity index (χ4v) is 2.18. The second-order valence-electron chi connectivity index (χ2n) is 4.92. The number of hydrogen-bond acceptors (Lipinski definition) is 2. The van der Waals surface area contributed by atoms with Gasteiger partial charge in [-0.2, -0.15) is 0 Å². The van der Waals surface area contributed by atoms with E-state index in [0.29, 0.717) is 12.5 Å². The molecule has 2 atom stereocenters. The average Bonchev–Trinajstić information content (AvgIpc) is 3.13. The predicted octanol–water partition coefficient (Wildman–Crippen LogP) is 1.25. The summed E-state index contributed by atoms with van der Waals surface area (Å²) in [5.41, 5.74) is 2.34. The van der Waals surface area contributed by atoms with Crippen molar-refractivity contribution in [3.63, 3.8) is 0 Å². The molecule has 2 unspecified atom stereocenters. The van der Waals surface area contributed by atoms with Crippen molar-refractivity contribution in [3.05, 3.63) is 11.1 Å². The topological polar surface area (TPSA) is 49.4 Å². The van der Waals surface area contributed by atoms with Crippen molar-refractivity contribution in [2.24, 2.45) is 5.92 Å². The highest BCUT2D eigenvalue weighted by atomic mass is 35.5. The van der Waals surface area contributed by atoms with E-state index in [9.17, 15) is 9.59 Å². The lowest BCUT2D eigenvalue weighted by Crippen LogP contribution is -2.63. The number of hydrogen-bond donors (Lipinski definition) is 1. The molecule has 1 saturated carbocycles. The van der Waals surface area contributed by atoms with E-state index in [1.807, 2.05) is 6.92 Å². The molecule has 1 saturated heterocycles. The third kappa shape index (κ3) is 2.46. The minimum absolute atomic E-state index is 0.0254. The second-order valence-corrected chi connectivity index (χ2v) is 5.14. The third-order valence-electron chi connectivity index (χ3n) is 3.39. The SMILES string of the molecule is CC(=CCl)CN1C(=O)C(C2CC2)NC(=O)C1C. The summed E-state index contributed by atoms with van der Waals surface area (Å²) in [6.07, 6.45) is 2.06. The number of halogens is 1. The molecular formula is C12H17ClN2O2. The first-order chi connectivity index (χ1) is 8.04. The summed E-state index contributed by atoms with van der Waals surface area (Å²) in [7, 11) is 0. The van der Waals surface area contributed by atoms with E-state index in [2.05, 4.69) is 5.32 Å². The smallest absolute Gasteiger partial charge is 0.246 e. The Morgan fingerprint density at radius 3 is 2.71 bits per heavy atom. The van der Waals surface area contributed by atoms with Crippen molar-refractivity contribution < 1.29 is 9.59 Å². The molecule has 5 heteroatoms.